The van der Waals surface area contributed by atoms with Crippen molar-refractivity contribution in [3.8, 4) is 0 Å². The van der Waals surface area contributed by atoms with E-state index in [1.165, 1.54) is 6.92 Å². The molecule has 0 aromatic heterocycles. The third kappa shape index (κ3) is 3.48. The fraction of sp³-hybridized carbons (Fsp3) is 0.300. The van der Waals surface area contributed by atoms with Crippen molar-refractivity contribution >= 4 is 21.7 Å². The summed E-state index contributed by atoms with van der Waals surface area (Å²) in [6.07, 6.45) is 0. The number of methoxy groups -OCH3 is 1. The SMILES string of the molecule is COC(=O)[C@H](C)NS(=O)(=O)c1ccc([N+](=O)[O-])c(F)c1. The number of nitro benzene ring substituents is 1. The van der Waals surface area contributed by atoms with E-state index in [0.29, 0.717) is 6.07 Å². The van der Waals surface area contributed by atoms with E-state index >= 15 is 0 Å². The van der Waals surface area contributed by atoms with Gasteiger partial charge in [-0.05, 0) is 13.0 Å². The van der Waals surface area contributed by atoms with Crippen LogP contribution >= 0.6 is 0 Å². The fourth-order valence-corrected chi connectivity index (χ4v) is 2.53. The van der Waals surface area contributed by atoms with Crippen molar-refractivity contribution in [1.29, 1.82) is 0 Å². The second-order valence-electron chi connectivity index (χ2n) is 3.74. The zero-order valence-corrected chi connectivity index (χ0v) is 11.3. The lowest BCUT2D eigenvalue weighted by Crippen LogP contribution is -2.39. The predicted molar refractivity (Wildman–Crippen MR) is 64.9 cm³/mol. The Labute approximate surface area is 113 Å². The average Bonchev–Trinajstić information content (AvgIpc) is 2.36. The first kappa shape index (κ1) is 16.0. The van der Waals surface area contributed by atoms with Gasteiger partial charge in [0.05, 0.1) is 16.9 Å². The lowest BCUT2D eigenvalue weighted by atomic mass is 10.3. The van der Waals surface area contributed by atoms with Gasteiger partial charge in [0, 0.05) is 12.1 Å². The molecule has 8 nitrogen and oxygen atoms in total. The highest BCUT2D eigenvalue weighted by molar-refractivity contribution is 7.89. The molecule has 0 saturated heterocycles. The van der Waals surface area contributed by atoms with E-state index in [2.05, 4.69) is 4.74 Å². The molecule has 0 unspecified atom stereocenters. The van der Waals surface area contributed by atoms with Crippen LogP contribution < -0.4 is 4.72 Å². The molecule has 1 atom stereocenters. The average molecular weight is 306 g/mol. The maximum atomic E-state index is 13.4. The Kier molecular flexibility index (Phi) is 4.73. The van der Waals surface area contributed by atoms with Crippen LogP contribution in [-0.4, -0.2) is 32.5 Å². The monoisotopic (exact) mass is 306 g/mol. The summed E-state index contributed by atoms with van der Waals surface area (Å²) in [4.78, 5) is 20.0. The minimum absolute atomic E-state index is 0.504. The molecule has 1 N–H and O–H groups in total. The number of hydrogen-bond acceptors (Lipinski definition) is 6. The predicted octanol–water partition coefficient (Wildman–Crippen LogP) is 0.574. The first-order chi connectivity index (χ1) is 9.19. The van der Waals surface area contributed by atoms with Gasteiger partial charge in [-0.25, -0.2) is 8.42 Å². The van der Waals surface area contributed by atoms with Gasteiger partial charge < -0.3 is 4.74 Å². The molecule has 0 aliphatic heterocycles. The number of sulfonamides is 1. The van der Waals surface area contributed by atoms with Crippen LogP contribution in [0.15, 0.2) is 23.1 Å². The summed E-state index contributed by atoms with van der Waals surface area (Å²) in [5.74, 6) is -2.11. The van der Waals surface area contributed by atoms with E-state index in [1.807, 2.05) is 4.72 Å². The Morgan fingerprint density at radius 3 is 2.55 bits per heavy atom. The van der Waals surface area contributed by atoms with Crippen molar-refractivity contribution in [3.05, 3.63) is 34.1 Å². The molecule has 0 amide bonds. The highest BCUT2D eigenvalue weighted by atomic mass is 32.2. The van der Waals surface area contributed by atoms with E-state index in [0.717, 1.165) is 19.2 Å². The number of carbonyl (C=O) groups excluding carboxylic acids is 1. The van der Waals surface area contributed by atoms with E-state index in [9.17, 15) is 27.7 Å². The molecule has 0 saturated carbocycles. The number of nitrogens with one attached hydrogen (secondary N) is 1. The van der Waals surface area contributed by atoms with Crippen LogP contribution in [0.3, 0.4) is 0 Å². The van der Waals surface area contributed by atoms with Crippen LogP contribution in [0, 0.1) is 15.9 Å². The quantitative estimate of drug-likeness (QED) is 0.483. The second kappa shape index (κ2) is 5.92. The minimum atomic E-state index is -4.19. The van der Waals surface area contributed by atoms with Crippen molar-refractivity contribution in [3.63, 3.8) is 0 Å². The first-order valence-corrected chi connectivity index (χ1v) is 6.71. The molecule has 0 bridgehead atoms. The smallest absolute Gasteiger partial charge is 0.323 e. The van der Waals surface area contributed by atoms with Crippen LogP contribution in [0.4, 0.5) is 10.1 Å². The molecule has 10 heteroatoms. The molecule has 110 valence electrons. The molecule has 0 fully saturated rings. The molecule has 0 heterocycles. The third-order valence-corrected chi connectivity index (χ3v) is 3.85. The Bertz CT molecular complexity index is 645. The Balaban J connectivity index is 3.08. The standard InChI is InChI=1S/C10H11FN2O6S/c1-6(10(14)19-2)12-20(17,18)7-3-4-9(13(15)16)8(11)5-7/h3-6,12H,1-2H3/t6-/m0/s1. The molecule has 0 radical (unpaired) electrons. The zero-order valence-electron chi connectivity index (χ0n) is 10.5. The third-order valence-electron chi connectivity index (χ3n) is 2.31. The van der Waals surface area contributed by atoms with E-state index in [4.69, 9.17) is 0 Å². The van der Waals surface area contributed by atoms with E-state index < -0.39 is 43.4 Å². The van der Waals surface area contributed by atoms with Gasteiger partial charge in [-0.3, -0.25) is 14.9 Å². The molecule has 0 aliphatic carbocycles. The minimum Gasteiger partial charge on any atom is -0.468 e. The number of nitrogens with zero attached hydrogens (tertiary/aromatic N) is 1. The van der Waals surface area contributed by atoms with Gasteiger partial charge in [-0.1, -0.05) is 0 Å². The van der Waals surface area contributed by atoms with Crippen molar-refractivity contribution < 1.29 is 27.3 Å². The second-order valence-corrected chi connectivity index (χ2v) is 5.45. The van der Waals surface area contributed by atoms with Gasteiger partial charge in [0.1, 0.15) is 6.04 Å². The number of benzene rings is 1. The number of carbonyl (C=O) groups is 1. The van der Waals surface area contributed by atoms with Crippen LogP contribution in [0.5, 0.6) is 0 Å². The van der Waals surface area contributed by atoms with Gasteiger partial charge in [0.25, 0.3) is 0 Å². The van der Waals surface area contributed by atoms with Gasteiger partial charge in [-0.15, -0.1) is 0 Å². The number of rotatable bonds is 5. The highest BCUT2D eigenvalue weighted by Gasteiger charge is 2.25. The lowest BCUT2D eigenvalue weighted by molar-refractivity contribution is -0.387. The summed E-state index contributed by atoms with van der Waals surface area (Å²) < 4.78 is 43.3. The summed E-state index contributed by atoms with van der Waals surface area (Å²) >= 11 is 0. The largest absolute Gasteiger partial charge is 0.468 e. The zero-order chi connectivity index (χ0) is 15.5. The molecule has 0 spiro atoms. The fourth-order valence-electron chi connectivity index (χ4n) is 1.33. The maximum Gasteiger partial charge on any atom is 0.323 e. The number of hydrogen-bond donors (Lipinski definition) is 1. The van der Waals surface area contributed by atoms with Crippen LogP contribution in [0.1, 0.15) is 6.92 Å². The highest BCUT2D eigenvalue weighted by Crippen LogP contribution is 2.20. The number of nitro groups is 1. The Morgan fingerprint density at radius 1 is 1.50 bits per heavy atom. The van der Waals surface area contributed by atoms with Crippen molar-refractivity contribution in [2.75, 3.05) is 7.11 Å². The summed E-state index contributed by atoms with van der Waals surface area (Å²) in [5, 5.41) is 10.4. The summed E-state index contributed by atoms with van der Waals surface area (Å²) in [6, 6.07) is 0.924. The van der Waals surface area contributed by atoms with Gasteiger partial charge >= 0.3 is 11.7 Å². The summed E-state index contributed by atoms with van der Waals surface area (Å²) in [7, 11) is -3.11. The normalized spacial score (nSPS) is 12.8. The summed E-state index contributed by atoms with van der Waals surface area (Å²) in [5.41, 5.74) is -0.843. The Hall–Kier alpha value is -2.07. The molecule has 20 heavy (non-hydrogen) atoms. The van der Waals surface area contributed by atoms with E-state index in [1.54, 1.807) is 0 Å². The van der Waals surface area contributed by atoms with Crippen molar-refractivity contribution in [1.82, 2.24) is 4.72 Å². The first-order valence-electron chi connectivity index (χ1n) is 5.23. The molecule has 0 aliphatic rings. The number of ether oxygens (including phenoxy) is 1. The van der Waals surface area contributed by atoms with Crippen LogP contribution in [0.25, 0.3) is 0 Å². The maximum absolute atomic E-state index is 13.4. The summed E-state index contributed by atoms with van der Waals surface area (Å²) in [6.45, 7) is 1.24. The molecule has 1 aromatic rings. The lowest BCUT2D eigenvalue weighted by Gasteiger charge is -2.12. The molecular weight excluding hydrogens is 295 g/mol. The van der Waals surface area contributed by atoms with Gasteiger partial charge in [0.2, 0.25) is 15.8 Å². The van der Waals surface area contributed by atoms with Crippen molar-refractivity contribution in [2.45, 2.75) is 17.9 Å². The van der Waals surface area contributed by atoms with E-state index in [-0.39, 0.29) is 0 Å². The Morgan fingerprint density at radius 2 is 2.10 bits per heavy atom. The molecule has 1 rings (SSSR count). The molecule has 1 aromatic carbocycles. The van der Waals surface area contributed by atoms with Crippen molar-refractivity contribution in [2.24, 2.45) is 0 Å². The topological polar surface area (TPSA) is 116 Å². The van der Waals surface area contributed by atoms with Gasteiger partial charge in [-0.2, -0.15) is 9.11 Å². The van der Waals surface area contributed by atoms with Gasteiger partial charge in [0.15, 0.2) is 0 Å². The number of esters is 1. The number of halogens is 1. The van der Waals surface area contributed by atoms with Crippen LogP contribution in [-0.2, 0) is 19.6 Å². The molecular formula is C10H11FN2O6S. The van der Waals surface area contributed by atoms with Crippen LogP contribution in [0.2, 0.25) is 0 Å².